The minimum Gasteiger partial charge on any atom is -0.469 e. The Hall–Kier alpha value is -4.10. The molecule has 0 fully saturated rings. The van der Waals surface area contributed by atoms with Gasteiger partial charge in [0, 0.05) is 40.8 Å². The van der Waals surface area contributed by atoms with Gasteiger partial charge in [-0.25, -0.2) is 26.9 Å². The number of nitrogens with one attached hydrogen (secondary N) is 1. The molecule has 0 aliphatic carbocycles. The molecular weight excluding hydrogens is 693 g/mol. The Morgan fingerprint density at radius 2 is 1.92 bits per heavy atom. The third-order valence-corrected chi connectivity index (χ3v) is 13.1. The van der Waals surface area contributed by atoms with Gasteiger partial charge in [0.25, 0.3) is 0 Å². The van der Waals surface area contributed by atoms with Crippen molar-refractivity contribution in [2.24, 2.45) is 18.4 Å². The van der Waals surface area contributed by atoms with Crippen LogP contribution in [0.25, 0.3) is 22.4 Å². The van der Waals surface area contributed by atoms with E-state index < -0.39 is 44.2 Å². The first kappa shape index (κ1) is 36.7. The van der Waals surface area contributed by atoms with Gasteiger partial charge < -0.3 is 9.72 Å². The van der Waals surface area contributed by atoms with Crippen LogP contribution >= 0.6 is 11.8 Å². The van der Waals surface area contributed by atoms with E-state index in [1.54, 1.807) is 61.4 Å². The van der Waals surface area contributed by atoms with Crippen LogP contribution in [0.4, 0.5) is 8.78 Å². The molecule has 5 aromatic rings. The number of benzene rings is 2. The van der Waals surface area contributed by atoms with Gasteiger partial charge in [0.2, 0.25) is 0 Å². The maximum absolute atomic E-state index is 16.6. The second-order valence-corrected chi connectivity index (χ2v) is 17.8. The summed E-state index contributed by atoms with van der Waals surface area (Å²) in [6.07, 6.45) is 5.17. The average Bonchev–Trinajstić information content (AvgIpc) is 3.70. The van der Waals surface area contributed by atoms with Gasteiger partial charge in [-0.2, -0.15) is 5.10 Å². The van der Waals surface area contributed by atoms with E-state index in [4.69, 9.17) is 14.8 Å². The van der Waals surface area contributed by atoms with E-state index in [0.29, 0.717) is 68.6 Å². The topological polar surface area (TPSA) is 120 Å². The molecule has 2 aromatic carbocycles. The molecular formula is C38H43F2N5O4S2. The quantitative estimate of drug-likeness (QED) is 0.187. The van der Waals surface area contributed by atoms with E-state index >= 15 is 8.78 Å². The molecule has 6 rings (SSSR count). The molecule has 4 heterocycles. The number of methoxy groups -OCH3 is 1. The second-order valence-electron chi connectivity index (χ2n) is 14.6. The standard InChI is InChI=1S/C38H43F2N5O4S2/c1-23(35(46)49-6)19-24-9-7-10-28(32(24)40)38(4)15-8-14-37(2,3)22-51(47,48)18-13-27-26-12-17-41-30(26)21-29(39)33(27)50-25-11-16-42-31(20-25)34-43-36(38)44-45(34)5/h7,9-12,16-17,20-21,23,41H,8,13-15,18-19,22H2,1-6H3/t23-,38+/m0/s1. The van der Waals surface area contributed by atoms with Gasteiger partial charge in [0.1, 0.15) is 17.3 Å². The lowest BCUT2D eigenvalue weighted by atomic mass is 9.74. The Labute approximate surface area is 301 Å². The number of esters is 1. The van der Waals surface area contributed by atoms with Crippen LogP contribution in [0.5, 0.6) is 0 Å². The largest absolute Gasteiger partial charge is 0.469 e. The minimum atomic E-state index is -3.56. The van der Waals surface area contributed by atoms with Crippen molar-refractivity contribution in [3.63, 3.8) is 0 Å². The molecule has 0 spiro atoms. The molecule has 3 aromatic heterocycles. The highest BCUT2D eigenvalue weighted by Crippen LogP contribution is 2.42. The van der Waals surface area contributed by atoms with Crippen LogP contribution in [0, 0.1) is 23.0 Å². The molecule has 2 atom stereocenters. The zero-order chi connectivity index (χ0) is 36.7. The normalized spacial score (nSPS) is 19.8. The lowest BCUT2D eigenvalue weighted by molar-refractivity contribution is -0.144. The molecule has 0 amide bonds. The molecule has 1 N–H and O–H groups in total. The van der Waals surface area contributed by atoms with E-state index in [9.17, 15) is 13.2 Å². The summed E-state index contributed by atoms with van der Waals surface area (Å²) in [5.74, 6) is -1.20. The van der Waals surface area contributed by atoms with E-state index in [2.05, 4.69) is 9.97 Å². The summed E-state index contributed by atoms with van der Waals surface area (Å²) in [5.41, 5.74) is 0.879. The van der Waals surface area contributed by atoms with Crippen LogP contribution in [0.1, 0.15) is 69.5 Å². The number of hydrogen-bond donors (Lipinski definition) is 1. The third-order valence-electron chi connectivity index (χ3n) is 9.91. The van der Waals surface area contributed by atoms with E-state index in [1.165, 1.54) is 24.9 Å². The van der Waals surface area contributed by atoms with Gasteiger partial charge in [-0.3, -0.25) is 9.78 Å². The van der Waals surface area contributed by atoms with Crippen LogP contribution in [0.2, 0.25) is 0 Å². The summed E-state index contributed by atoms with van der Waals surface area (Å²) in [6, 6.07) is 12.0. The molecule has 0 unspecified atom stereocenters. The maximum Gasteiger partial charge on any atom is 0.308 e. The summed E-state index contributed by atoms with van der Waals surface area (Å²) in [5, 5.41) is 5.60. The summed E-state index contributed by atoms with van der Waals surface area (Å²) < 4.78 is 66.2. The lowest BCUT2D eigenvalue weighted by Gasteiger charge is -2.31. The molecule has 1 aliphatic heterocycles. The van der Waals surface area contributed by atoms with Crippen molar-refractivity contribution < 1.29 is 26.7 Å². The minimum absolute atomic E-state index is 0.0558. The van der Waals surface area contributed by atoms with Crippen LogP contribution in [0.15, 0.2) is 64.6 Å². The van der Waals surface area contributed by atoms with Crippen LogP contribution in [0.3, 0.4) is 0 Å². The van der Waals surface area contributed by atoms with Crippen molar-refractivity contribution >= 4 is 38.5 Å². The smallest absolute Gasteiger partial charge is 0.308 e. The number of H-pyrrole nitrogens is 1. The van der Waals surface area contributed by atoms with Gasteiger partial charge in [0.15, 0.2) is 21.5 Å². The number of aryl methyl sites for hydroxylation is 2. The Kier molecular flexibility index (Phi) is 10.2. The molecule has 270 valence electrons. The molecule has 51 heavy (non-hydrogen) atoms. The highest BCUT2D eigenvalue weighted by Gasteiger charge is 2.38. The first-order chi connectivity index (χ1) is 24.1. The lowest BCUT2D eigenvalue weighted by Crippen LogP contribution is -2.30. The number of aromatic amines is 1. The van der Waals surface area contributed by atoms with Gasteiger partial charge >= 0.3 is 5.97 Å². The van der Waals surface area contributed by atoms with Crippen molar-refractivity contribution in [2.45, 2.75) is 75.0 Å². The number of carbonyl (C=O) groups excluding carboxylic acids is 1. The number of fused-ring (bicyclic) bond motifs is 8. The zero-order valence-corrected chi connectivity index (χ0v) is 31.4. The monoisotopic (exact) mass is 735 g/mol. The van der Waals surface area contributed by atoms with Crippen LogP contribution in [-0.4, -0.2) is 57.7 Å². The number of hydrogen-bond acceptors (Lipinski definition) is 8. The highest BCUT2D eigenvalue weighted by molar-refractivity contribution is 7.99. The van der Waals surface area contributed by atoms with Crippen LogP contribution < -0.4 is 0 Å². The predicted octanol–water partition coefficient (Wildman–Crippen LogP) is 7.61. The Bertz CT molecular complexity index is 2210. The van der Waals surface area contributed by atoms with Crippen molar-refractivity contribution in [3.8, 4) is 11.5 Å². The first-order valence-electron chi connectivity index (χ1n) is 17.0. The van der Waals surface area contributed by atoms with Gasteiger partial charge in [-0.15, -0.1) is 0 Å². The third kappa shape index (κ3) is 7.60. The van der Waals surface area contributed by atoms with Crippen molar-refractivity contribution in [2.75, 3.05) is 18.6 Å². The second kappa shape index (κ2) is 14.1. The number of nitrogens with zero attached hydrogens (tertiary/aromatic N) is 4. The Morgan fingerprint density at radius 3 is 2.69 bits per heavy atom. The van der Waals surface area contributed by atoms with Gasteiger partial charge in [-0.1, -0.05) is 57.2 Å². The number of rotatable bonds is 4. The number of ether oxygens (including phenoxy) is 1. The predicted molar refractivity (Wildman–Crippen MR) is 194 cm³/mol. The first-order valence-corrected chi connectivity index (χ1v) is 19.6. The molecule has 0 radical (unpaired) electrons. The van der Waals surface area contributed by atoms with Crippen molar-refractivity contribution in [3.05, 3.63) is 89.0 Å². The fourth-order valence-electron chi connectivity index (χ4n) is 7.20. The van der Waals surface area contributed by atoms with E-state index in [-0.39, 0.29) is 24.3 Å². The summed E-state index contributed by atoms with van der Waals surface area (Å²) >= 11 is 1.21. The van der Waals surface area contributed by atoms with Crippen molar-refractivity contribution in [1.29, 1.82) is 0 Å². The SMILES string of the molecule is COC(=O)[C@@H](C)Cc1cccc([C@@]2(C)CCCC(C)(C)CS(=O)(=O)CCc3c(c(F)cc4[nH]ccc34)Sc3ccnc(c3)-c3nc2nn3C)c1F. The van der Waals surface area contributed by atoms with E-state index in [0.717, 1.165) is 5.39 Å². The molecule has 9 nitrogen and oxygen atoms in total. The number of halogens is 2. The number of carbonyl (C=O) groups is 1. The fraction of sp³-hybridized carbons (Fsp3) is 0.421. The number of pyridine rings is 1. The molecule has 4 bridgehead atoms. The zero-order valence-electron chi connectivity index (χ0n) is 29.7. The average molecular weight is 736 g/mol. The van der Waals surface area contributed by atoms with Crippen LogP contribution in [-0.2, 0) is 44.7 Å². The van der Waals surface area contributed by atoms with Gasteiger partial charge in [-0.05, 0) is 73.4 Å². The summed E-state index contributed by atoms with van der Waals surface area (Å²) in [6.45, 7) is 7.46. The number of sulfone groups is 1. The van der Waals surface area contributed by atoms with E-state index in [1.807, 2.05) is 26.8 Å². The molecule has 13 heteroatoms. The van der Waals surface area contributed by atoms with Crippen molar-refractivity contribution in [1.82, 2.24) is 24.7 Å². The molecule has 0 saturated carbocycles. The maximum atomic E-state index is 16.6. The fourth-order valence-corrected chi connectivity index (χ4v) is 10.2. The molecule has 1 aliphatic rings. The number of aromatic nitrogens is 5. The Morgan fingerprint density at radius 1 is 1.14 bits per heavy atom. The molecule has 0 saturated heterocycles. The van der Waals surface area contributed by atoms with Gasteiger partial charge in [0.05, 0.1) is 34.8 Å². The summed E-state index contributed by atoms with van der Waals surface area (Å²) in [7, 11) is -0.493. The summed E-state index contributed by atoms with van der Waals surface area (Å²) in [4.78, 5) is 25.9. The Balaban J connectivity index is 1.48. The highest BCUT2D eigenvalue weighted by atomic mass is 32.2.